The lowest BCUT2D eigenvalue weighted by molar-refractivity contribution is 0.102. The van der Waals surface area contributed by atoms with Gasteiger partial charge in [-0.05, 0) is 24.3 Å². The summed E-state index contributed by atoms with van der Waals surface area (Å²) in [6.45, 7) is 0. The van der Waals surface area contributed by atoms with Gasteiger partial charge in [0.05, 0.1) is 0 Å². The average Bonchev–Trinajstić information content (AvgIpc) is 2.84. The number of amides is 1. The number of hydrogen-bond acceptors (Lipinski definition) is 5. The molecular weight excluding hydrogens is 246 g/mol. The van der Waals surface area contributed by atoms with Crippen molar-refractivity contribution in [2.75, 3.05) is 5.32 Å². The first-order valence-corrected chi connectivity index (χ1v) is 5.51. The third-order valence-corrected chi connectivity index (χ3v) is 2.46. The Bertz CT molecular complexity index is 738. The lowest BCUT2D eigenvalue weighted by Crippen LogP contribution is -2.14. The van der Waals surface area contributed by atoms with Gasteiger partial charge in [0.1, 0.15) is 5.69 Å². The molecule has 0 aliphatic rings. The molecule has 94 valence electrons. The van der Waals surface area contributed by atoms with Gasteiger partial charge in [0.2, 0.25) is 5.95 Å². The van der Waals surface area contributed by atoms with Crippen LogP contribution in [0.4, 0.5) is 5.95 Å². The van der Waals surface area contributed by atoms with Gasteiger partial charge in [-0.2, -0.15) is 4.98 Å². The lowest BCUT2D eigenvalue weighted by Gasteiger charge is -1.98. The summed E-state index contributed by atoms with van der Waals surface area (Å²) < 4.78 is 1.38. The summed E-state index contributed by atoms with van der Waals surface area (Å²) in [6.07, 6.45) is 3.15. The summed E-state index contributed by atoms with van der Waals surface area (Å²) in [4.78, 5) is 19.8. The van der Waals surface area contributed by atoms with Crippen LogP contribution in [0.1, 0.15) is 10.5 Å². The van der Waals surface area contributed by atoms with E-state index in [-0.39, 0.29) is 23.0 Å². The standard InChI is InChI=1S/C12H9N5O2/c18-9-5-3-7-17-10(9)14-12(16-17)15-11(19)8-4-1-2-6-13-8/h1-7,18H,(H,15,16,19). The number of rotatable bonds is 2. The number of hydrogen-bond donors (Lipinski definition) is 2. The summed E-state index contributed by atoms with van der Waals surface area (Å²) in [5, 5.41) is 16.1. The normalized spacial score (nSPS) is 10.5. The Balaban J connectivity index is 1.90. The van der Waals surface area contributed by atoms with E-state index < -0.39 is 5.91 Å². The molecule has 0 spiro atoms. The summed E-state index contributed by atoms with van der Waals surface area (Å²) in [7, 11) is 0. The van der Waals surface area contributed by atoms with E-state index in [1.165, 1.54) is 16.8 Å². The van der Waals surface area contributed by atoms with Crippen molar-refractivity contribution in [3.63, 3.8) is 0 Å². The number of fused-ring (bicyclic) bond motifs is 1. The number of carbonyl (C=O) groups excluding carboxylic acids is 1. The first kappa shape index (κ1) is 11.1. The monoisotopic (exact) mass is 255 g/mol. The number of nitrogens with zero attached hydrogens (tertiary/aromatic N) is 4. The van der Waals surface area contributed by atoms with Gasteiger partial charge in [0.25, 0.3) is 5.91 Å². The van der Waals surface area contributed by atoms with Gasteiger partial charge in [-0.3, -0.25) is 15.1 Å². The van der Waals surface area contributed by atoms with Crippen LogP contribution in [0.15, 0.2) is 42.7 Å². The fourth-order valence-corrected chi connectivity index (χ4v) is 1.61. The maximum atomic E-state index is 11.9. The van der Waals surface area contributed by atoms with Crippen molar-refractivity contribution in [1.82, 2.24) is 19.6 Å². The van der Waals surface area contributed by atoms with Crippen LogP contribution in [0.2, 0.25) is 0 Å². The Labute approximate surface area is 107 Å². The zero-order chi connectivity index (χ0) is 13.2. The van der Waals surface area contributed by atoms with Gasteiger partial charge in [0.15, 0.2) is 11.4 Å². The fraction of sp³-hybridized carbons (Fsp3) is 0. The third kappa shape index (κ3) is 2.08. The number of anilines is 1. The minimum atomic E-state index is -0.406. The molecule has 0 radical (unpaired) electrons. The molecule has 3 rings (SSSR count). The van der Waals surface area contributed by atoms with Gasteiger partial charge in [-0.25, -0.2) is 4.52 Å². The fourth-order valence-electron chi connectivity index (χ4n) is 1.61. The van der Waals surface area contributed by atoms with Crippen molar-refractivity contribution in [3.8, 4) is 5.75 Å². The SMILES string of the molecule is O=C(Nc1nc2c(O)cccn2n1)c1ccccn1. The van der Waals surface area contributed by atoms with Crippen LogP contribution in [0, 0.1) is 0 Å². The number of pyridine rings is 2. The maximum Gasteiger partial charge on any atom is 0.276 e. The molecule has 19 heavy (non-hydrogen) atoms. The molecule has 0 fully saturated rings. The summed E-state index contributed by atoms with van der Waals surface area (Å²) in [5.41, 5.74) is 0.546. The van der Waals surface area contributed by atoms with E-state index in [1.54, 1.807) is 30.5 Å². The second kappa shape index (κ2) is 4.37. The highest BCUT2D eigenvalue weighted by molar-refractivity contribution is 6.01. The molecule has 0 atom stereocenters. The van der Waals surface area contributed by atoms with Crippen LogP contribution in [0.3, 0.4) is 0 Å². The van der Waals surface area contributed by atoms with Crippen LogP contribution in [0.5, 0.6) is 5.75 Å². The van der Waals surface area contributed by atoms with Crippen LogP contribution in [0.25, 0.3) is 5.65 Å². The van der Waals surface area contributed by atoms with Crippen molar-refractivity contribution in [1.29, 1.82) is 0 Å². The molecular formula is C12H9N5O2. The molecule has 7 heteroatoms. The first-order valence-electron chi connectivity index (χ1n) is 5.51. The number of nitrogens with one attached hydrogen (secondary N) is 1. The maximum absolute atomic E-state index is 11.9. The number of carbonyl (C=O) groups is 1. The molecule has 7 nitrogen and oxygen atoms in total. The van der Waals surface area contributed by atoms with E-state index >= 15 is 0 Å². The molecule has 0 saturated heterocycles. The van der Waals surface area contributed by atoms with Gasteiger partial charge >= 0.3 is 0 Å². The minimum Gasteiger partial charge on any atom is -0.504 e. The van der Waals surface area contributed by atoms with Crippen molar-refractivity contribution in [3.05, 3.63) is 48.4 Å². The predicted molar refractivity (Wildman–Crippen MR) is 66.8 cm³/mol. The van der Waals surface area contributed by atoms with Crippen LogP contribution < -0.4 is 5.32 Å². The van der Waals surface area contributed by atoms with Crippen molar-refractivity contribution in [2.24, 2.45) is 0 Å². The van der Waals surface area contributed by atoms with E-state index in [0.717, 1.165) is 0 Å². The number of aromatic hydroxyl groups is 1. The van der Waals surface area contributed by atoms with Crippen molar-refractivity contribution < 1.29 is 9.90 Å². The summed E-state index contributed by atoms with van der Waals surface area (Å²) >= 11 is 0. The number of aromatic nitrogens is 4. The second-order valence-corrected chi connectivity index (χ2v) is 3.77. The quantitative estimate of drug-likeness (QED) is 0.714. The van der Waals surface area contributed by atoms with Crippen molar-refractivity contribution in [2.45, 2.75) is 0 Å². The van der Waals surface area contributed by atoms with Crippen LogP contribution >= 0.6 is 0 Å². The topological polar surface area (TPSA) is 92.4 Å². The van der Waals surface area contributed by atoms with E-state index in [4.69, 9.17) is 0 Å². The zero-order valence-corrected chi connectivity index (χ0v) is 9.69. The Morgan fingerprint density at radius 3 is 2.89 bits per heavy atom. The van der Waals surface area contributed by atoms with Gasteiger partial charge in [-0.1, -0.05) is 6.07 Å². The Kier molecular flexibility index (Phi) is 2.57. The van der Waals surface area contributed by atoms with Crippen LogP contribution in [-0.2, 0) is 0 Å². The molecule has 0 bridgehead atoms. The van der Waals surface area contributed by atoms with E-state index in [1.807, 2.05) is 0 Å². The smallest absolute Gasteiger partial charge is 0.276 e. The highest BCUT2D eigenvalue weighted by Gasteiger charge is 2.12. The van der Waals surface area contributed by atoms with Gasteiger partial charge in [-0.15, -0.1) is 5.10 Å². The zero-order valence-electron chi connectivity index (χ0n) is 9.69. The van der Waals surface area contributed by atoms with Crippen LogP contribution in [-0.4, -0.2) is 30.6 Å². The second-order valence-electron chi connectivity index (χ2n) is 3.77. The molecule has 0 aliphatic carbocycles. The summed E-state index contributed by atoms with van der Waals surface area (Å²) in [6, 6.07) is 8.14. The van der Waals surface area contributed by atoms with E-state index in [0.29, 0.717) is 0 Å². The molecule has 0 aliphatic heterocycles. The lowest BCUT2D eigenvalue weighted by atomic mass is 10.3. The molecule has 3 aromatic rings. The largest absolute Gasteiger partial charge is 0.504 e. The molecule has 0 unspecified atom stereocenters. The van der Waals surface area contributed by atoms with E-state index in [2.05, 4.69) is 20.4 Å². The van der Waals surface area contributed by atoms with Gasteiger partial charge in [0, 0.05) is 12.4 Å². The molecule has 3 heterocycles. The predicted octanol–water partition coefficient (Wildman–Crippen LogP) is 1.08. The first-order chi connectivity index (χ1) is 9.24. The van der Waals surface area contributed by atoms with E-state index in [9.17, 15) is 9.90 Å². The molecule has 0 aromatic carbocycles. The Morgan fingerprint density at radius 2 is 2.16 bits per heavy atom. The molecule has 1 amide bonds. The third-order valence-electron chi connectivity index (χ3n) is 2.46. The average molecular weight is 255 g/mol. The Morgan fingerprint density at radius 1 is 1.26 bits per heavy atom. The molecule has 2 N–H and O–H groups in total. The van der Waals surface area contributed by atoms with Gasteiger partial charge < -0.3 is 5.11 Å². The Hall–Kier alpha value is -2.96. The molecule has 3 aromatic heterocycles. The highest BCUT2D eigenvalue weighted by Crippen LogP contribution is 2.16. The highest BCUT2D eigenvalue weighted by atomic mass is 16.3. The minimum absolute atomic E-state index is 0.00617. The molecule has 0 saturated carbocycles. The summed E-state index contributed by atoms with van der Waals surface area (Å²) in [5.74, 6) is -0.304. The van der Waals surface area contributed by atoms with Crippen molar-refractivity contribution >= 4 is 17.5 Å².